The molecule has 0 fully saturated rings. The summed E-state index contributed by atoms with van der Waals surface area (Å²) in [7, 11) is 0. The van der Waals surface area contributed by atoms with E-state index in [1.165, 1.54) is 17.5 Å². The van der Waals surface area contributed by atoms with Gasteiger partial charge in [-0.25, -0.2) is 4.98 Å². The van der Waals surface area contributed by atoms with Crippen molar-refractivity contribution in [3.8, 4) is 11.5 Å². The molecule has 4 aromatic rings. The van der Waals surface area contributed by atoms with Gasteiger partial charge in [-0.3, -0.25) is 15.1 Å². The molecule has 126 valence electrons. The van der Waals surface area contributed by atoms with E-state index in [4.69, 9.17) is 4.42 Å². The van der Waals surface area contributed by atoms with Crippen LogP contribution in [0.1, 0.15) is 22.4 Å². The molecule has 1 aliphatic carbocycles. The van der Waals surface area contributed by atoms with Gasteiger partial charge in [-0.2, -0.15) is 5.10 Å². The van der Waals surface area contributed by atoms with Crippen molar-refractivity contribution in [2.75, 3.05) is 0 Å². The summed E-state index contributed by atoms with van der Waals surface area (Å²) in [5.41, 5.74) is 4.94. The van der Waals surface area contributed by atoms with Crippen LogP contribution in [-0.4, -0.2) is 25.1 Å². The molecule has 0 aromatic carbocycles. The first-order valence-electron chi connectivity index (χ1n) is 8.33. The fourth-order valence-corrected chi connectivity index (χ4v) is 3.65. The van der Waals surface area contributed by atoms with Crippen molar-refractivity contribution < 1.29 is 4.42 Å². The summed E-state index contributed by atoms with van der Waals surface area (Å²) in [6.07, 6.45) is 15.5. The van der Waals surface area contributed by atoms with Crippen molar-refractivity contribution in [3.05, 3.63) is 90.1 Å². The van der Waals surface area contributed by atoms with Gasteiger partial charge in [0.1, 0.15) is 5.69 Å². The highest BCUT2D eigenvalue weighted by molar-refractivity contribution is 5.73. The molecule has 0 bridgehead atoms. The van der Waals surface area contributed by atoms with Gasteiger partial charge in [-0.05, 0) is 35.4 Å². The first-order valence-corrected chi connectivity index (χ1v) is 8.33. The number of hydrogen-bond acceptors (Lipinski definition) is 5. The lowest BCUT2D eigenvalue weighted by atomic mass is 9.69. The van der Waals surface area contributed by atoms with E-state index in [9.17, 15) is 0 Å². The van der Waals surface area contributed by atoms with Gasteiger partial charge in [-0.15, -0.1) is 0 Å². The minimum Gasteiger partial charge on any atom is -0.442 e. The molecule has 0 atom stereocenters. The van der Waals surface area contributed by atoms with Crippen molar-refractivity contribution in [2.24, 2.45) is 0 Å². The maximum Gasteiger partial charge on any atom is 0.181 e. The number of aromatic nitrogens is 5. The normalized spacial score (nSPS) is 14.9. The molecular weight excluding hydrogens is 326 g/mol. The fourth-order valence-electron chi connectivity index (χ4n) is 3.65. The number of oxazole rings is 1. The summed E-state index contributed by atoms with van der Waals surface area (Å²) >= 11 is 0. The standard InChI is InChI=1S/C20H15N5O/c1-6-20(14-2-7-21-8-3-14,15-4-9-22-10-5-15)11-17-16(1)19(25-24-17)18-12-23-13-26-18/h1-10,12-13H,11H2,(H,24,25). The van der Waals surface area contributed by atoms with Crippen LogP contribution in [0.2, 0.25) is 0 Å². The molecule has 0 saturated carbocycles. The third kappa shape index (κ3) is 2.19. The quantitative estimate of drug-likeness (QED) is 0.617. The average Bonchev–Trinajstić information content (AvgIpc) is 3.38. The third-order valence-electron chi connectivity index (χ3n) is 4.93. The molecule has 5 rings (SSSR count). The summed E-state index contributed by atoms with van der Waals surface area (Å²) in [6, 6.07) is 8.24. The molecule has 0 unspecified atom stereocenters. The Morgan fingerprint density at radius 1 is 0.923 bits per heavy atom. The van der Waals surface area contributed by atoms with E-state index >= 15 is 0 Å². The van der Waals surface area contributed by atoms with Crippen molar-refractivity contribution in [1.82, 2.24) is 25.1 Å². The maximum absolute atomic E-state index is 5.42. The van der Waals surface area contributed by atoms with Gasteiger partial charge in [0.2, 0.25) is 0 Å². The van der Waals surface area contributed by atoms with Crippen molar-refractivity contribution in [3.63, 3.8) is 0 Å². The predicted molar refractivity (Wildman–Crippen MR) is 96.1 cm³/mol. The first-order chi connectivity index (χ1) is 12.9. The van der Waals surface area contributed by atoms with E-state index in [1.807, 2.05) is 24.8 Å². The molecule has 0 amide bonds. The van der Waals surface area contributed by atoms with Crippen LogP contribution in [0.5, 0.6) is 0 Å². The Hall–Kier alpha value is -3.54. The number of hydrogen-bond donors (Lipinski definition) is 1. The van der Waals surface area contributed by atoms with Gasteiger partial charge in [0.15, 0.2) is 12.2 Å². The SMILES string of the molecule is C1=CC(c2ccncc2)(c2ccncc2)Cc2[nH]nc(-c3cnco3)c21. The van der Waals surface area contributed by atoms with Crippen LogP contribution in [0.4, 0.5) is 0 Å². The highest BCUT2D eigenvalue weighted by Crippen LogP contribution is 2.42. The van der Waals surface area contributed by atoms with Crippen LogP contribution in [-0.2, 0) is 11.8 Å². The second kappa shape index (κ2) is 5.77. The number of nitrogens with one attached hydrogen (secondary N) is 1. The van der Waals surface area contributed by atoms with Gasteiger partial charge in [-0.1, -0.05) is 12.2 Å². The second-order valence-electron chi connectivity index (χ2n) is 6.28. The molecule has 0 radical (unpaired) electrons. The minimum atomic E-state index is -0.301. The summed E-state index contributed by atoms with van der Waals surface area (Å²) in [4.78, 5) is 12.3. The molecule has 4 heterocycles. The number of fused-ring (bicyclic) bond motifs is 1. The van der Waals surface area contributed by atoms with E-state index in [1.54, 1.807) is 6.20 Å². The maximum atomic E-state index is 5.42. The Labute approximate surface area is 149 Å². The summed E-state index contributed by atoms with van der Waals surface area (Å²) < 4.78 is 5.42. The number of nitrogens with zero attached hydrogens (tertiary/aromatic N) is 4. The van der Waals surface area contributed by atoms with E-state index in [0.29, 0.717) is 5.76 Å². The van der Waals surface area contributed by atoms with E-state index < -0.39 is 0 Å². The Morgan fingerprint density at radius 2 is 1.62 bits per heavy atom. The lowest BCUT2D eigenvalue weighted by Gasteiger charge is -2.34. The Balaban J connectivity index is 1.67. The van der Waals surface area contributed by atoms with E-state index in [-0.39, 0.29) is 5.41 Å². The Morgan fingerprint density at radius 3 is 2.23 bits per heavy atom. The molecule has 0 saturated heterocycles. The Kier molecular flexibility index (Phi) is 3.28. The topological polar surface area (TPSA) is 80.5 Å². The van der Waals surface area contributed by atoms with Crippen LogP contribution in [0.15, 0.2) is 72.1 Å². The van der Waals surface area contributed by atoms with Crippen molar-refractivity contribution >= 4 is 6.08 Å². The smallest absolute Gasteiger partial charge is 0.181 e. The first kappa shape index (κ1) is 14.8. The number of aromatic amines is 1. The number of H-pyrrole nitrogens is 1. The zero-order valence-corrected chi connectivity index (χ0v) is 13.8. The molecule has 6 heteroatoms. The van der Waals surface area contributed by atoms with Crippen LogP contribution in [0.3, 0.4) is 0 Å². The second-order valence-corrected chi connectivity index (χ2v) is 6.28. The fraction of sp³-hybridized carbons (Fsp3) is 0.100. The molecule has 0 aliphatic heterocycles. The van der Waals surface area contributed by atoms with Gasteiger partial charge in [0.05, 0.1) is 6.20 Å². The van der Waals surface area contributed by atoms with Crippen LogP contribution >= 0.6 is 0 Å². The summed E-state index contributed by atoms with van der Waals surface area (Å²) in [5.74, 6) is 0.660. The van der Waals surface area contributed by atoms with E-state index in [2.05, 4.69) is 61.6 Å². The molecule has 1 N–H and O–H groups in total. The molecular formula is C20H15N5O. The lowest BCUT2D eigenvalue weighted by Crippen LogP contribution is -2.30. The average molecular weight is 341 g/mol. The summed E-state index contributed by atoms with van der Waals surface area (Å²) in [5, 5.41) is 7.65. The third-order valence-corrected chi connectivity index (χ3v) is 4.93. The number of pyridine rings is 2. The van der Waals surface area contributed by atoms with Crippen LogP contribution < -0.4 is 0 Å². The number of rotatable bonds is 3. The minimum absolute atomic E-state index is 0.301. The monoisotopic (exact) mass is 341 g/mol. The highest BCUT2D eigenvalue weighted by atomic mass is 16.3. The van der Waals surface area contributed by atoms with Crippen LogP contribution in [0, 0.1) is 0 Å². The van der Waals surface area contributed by atoms with Gasteiger partial charge in [0, 0.05) is 47.9 Å². The number of allylic oxidation sites excluding steroid dienone is 1. The Bertz CT molecular complexity index is 1010. The zero-order valence-electron chi connectivity index (χ0n) is 13.8. The lowest BCUT2D eigenvalue weighted by molar-refractivity contribution is 0.569. The van der Waals surface area contributed by atoms with E-state index in [0.717, 1.165) is 23.4 Å². The molecule has 1 aliphatic rings. The zero-order chi connectivity index (χ0) is 17.4. The largest absolute Gasteiger partial charge is 0.442 e. The summed E-state index contributed by atoms with van der Waals surface area (Å²) in [6.45, 7) is 0. The molecule has 0 spiro atoms. The predicted octanol–water partition coefficient (Wildman–Crippen LogP) is 3.41. The van der Waals surface area contributed by atoms with Gasteiger partial charge in [0.25, 0.3) is 0 Å². The molecule has 4 aromatic heterocycles. The molecule has 26 heavy (non-hydrogen) atoms. The highest BCUT2D eigenvalue weighted by Gasteiger charge is 2.36. The van der Waals surface area contributed by atoms with Gasteiger partial charge >= 0.3 is 0 Å². The van der Waals surface area contributed by atoms with Gasteiger partial charge < -0.3 is 4.42 Å². The van der Waals surface area contributed by atoms with Crippen molar-refractivity contribution in [2.45, 2.75) is 11.8 Å². The molecule has 6 nitrogen and oxygen atoms in total. The van der Waals surface area contributed by atoms with Crippen molar-refractivity contribution in [1.29, 1.82) is 0 Å². The van der Waals surface area contributed by atoms with Crippen LogP contribution in [0.25, 0.3) is 17.5 Å².